The number of hydrogen-bond donors (Lipinski definition) is 0. The van der Waals surface area contributed by atoms with Crippen molar-refractivity contribution >= 4 is 16.1 Å². The average molecular weight is 306 g/mol. The SMILES string of the molecule is CS(=O)(=O)OC(=O)c1ccc(OCc2ccccc2)cc1. The Bertz CT molecular complexity index is 705. The van der Waals surface area contributed by atoms with Crippen LogP contribution in [0.5, 0.6) is 5.75 Å². The van der Waals surface area contributed by atoms with Gasteiger partial charge < -0.3 is 8.92 Å². The van der Waals surface area contributed by atoms with E-state index in [-0.39, 0.29) is 5.56 Å². The Morgan fingerprint density at radius 1 is 1.00 bits per heavy atom. The van der Waals surface area contributed by atoms with Crippen molar-refractivity contribution in [2.24, 2.45) is 0 Å². The lowest BCUT2D eigenvalue weighted by molar-refractivity contribution is 0.0748. The molecule has 0 aliphatic rings. The monoisotopic (exact) mass is 306 g/mol. The molecule has 2 aromatic rings. The third kappa shape index (κ3) is 4.92. The molecular formula is C15H14O5S. The highest BCUT2D eigenvalue weighted by atomic mass is 32.2. The van der Waals surface area contributed by atoms with E-state index in [0.29, 0.717) is 12.4 Å². The molecule has 0 amide bonds. The highest BCUT2D eigenvalue weighted by molar-refractivity contribution is 7.86. The first kappa shape index (κ1) is 15.1. The van der Waals surface area contributed by atoms with Crippen LogP contribution in [0, 0.1) is 0 Å². The van der Waals surface area contributed by atoms with Gasteiger partial charge in [0, 0.05) is 0 Å². The van der Waals surface area contributed by atoms with Gasteiger partial charge in [0.2, 0.25) is 0 Å². The Morgan fingerprint density at radius 3 is 2.19 bits per heavy atom. The molecule has 0 aliphatic heterocycles. The van der Waals surface area contributed by atoms with E-state index in [2.05, 4.69) is 4.18 Å². The van der Waals surface area contributed by atoms with Gasteiger partial charge >= 0.3 is 16.1 Å². The van der Waals surface area contributed by atoms with Crippen LogP contribution < -0.4 is 4.74 Å². The Kier molecular flexibility index (Phi) is 4.59. The second-order valence-corrected chi connectivity index (χ2v) is 5.95. The first-order valence-corrected chi connectivity index (χ1v) is 7.96. The zero-order chi connectivity index (χ0) is 15.3. The van der Waals surface area contributed by atoms with Crippen LogP contribution in [0.1, 0.15) is 15.9 Å². The molecule has 0 unspecified atom stereocenters. The van der Waals surface area contributed by atoms with Crippen molar-refractivity contribution in [3.8, 4) is 5.75 Å². The maximum Gasteiger partial charge on any atom is 0.353 e. The first-order chi connectivity index (χ1) is 9.94. The fourth-order valence-corrected chi connectivity index (χ4v) is 1.98. The second kappa shape index (κ2) is 6.41. The number of carbonyl (C=O) groups excluding carboxylic acids is 1. The zero-order valence-corrected chi connectivity index (χ0v) is 12.2. The van der Waals surface area contributed by atoms with Gasteiger partial charge in [0.25, 0.3) is 0 Å². The van der Waals surface area contributed by atoms with Crippen LogP contribution in [0.25, 0.3) is 0 Å². The molecule has 6 heteroatoms. The van der Waals surface area contributed by atoms with Crippen molar-refractivity contribution in [2.75, 3.05) is 6.26 Å². The number of benzene rings is 2. The zero-order valence-electron chi connectivity index (χ0n) is 11.4. The van der Waals surface area contributed by atoms with Crippen LogP contribution in [0.15, 0.2) is 54.6 Å². The molecule has 0 bridgehead atoms. The Morgan fingerprint density at radius 2 is 1.62 bits per heavy atom. The highest BCUT2D eigenvalue weighted by Gasteiger charge is 2.13. The van der Waals surface area contributed by atoms with Crippen LogP contribution in [0.2, 0.25) is 0 Å². The van der Waals surface area contributed by atoms with E-state index in [1.807, 2.05) is 30.3 Å². The second-order valence-electron chi connectivity index (χ2n) is 4.37. The predicted octanol–water partition coefficient (Wildman–Crippen LogP) is 2.38. The summed E-state index contributed by atoms with van der Waals surface area (Å²) < 4.78 is 31.6. The molecule has 110 valence electrons. The lowest BCUT2D eigenvalue weighted by Gasteiger charge is -2.07. The Labute approximate surface area is 123 Å². The van der Waals surface area contributed by atoms with E-state index in [1.54, 1.807) is 12.1 Å². The largest absolute Gasteiger partial charge is 0.489 e. The molecule has 0 N–H and O–H groups in total. The summed E-state index contributed by atoms with van der Waals surface area (Å²) in [6, 6.07) is 15.7. The summed E-state index contributed by atoms with van der Waals surface area (Å²) >= 11 is 0. The molecular weight excluding hydrogens is 292 g/mol. The average Bonchev–Trinajstić information content (AvgIpc) is 2.45. The standard InChI is InChI=1S/C15H14O5S/c1-21(17,18)20-15(16)13-7-9-14(10-8-13)19-11-12-5-3-2-4-6-12/h2-10H,11H2,1H3. The maximum absolute atomic E-state index is 11.5. The predicted molar refractivity (Wildman–Crippen MR) is 77.5 cm³/mol. The van der Waals surface area contributed by atoms with Gasteiger partial charge in [-0.25, -0.2) is 4.79 Å². The van der Waals surface area contributed by atoms with Gasteiger partial charge in [-0.3, -0.25) is 0 Å². The lowest BCUT2D eigenvalue weighted by atomic mass is 10.2. The first-order valence-electron chi connectivity index (χ1n) is 6.14. The summed E-state index contributed by atoms with van der Waals surface area (Å²) in [5, 5.41) is 0. The summed E-state index contributed by atoms with van der Waals surface area (Å²) in [7, 11) is -3.81. The summed E-state index contributed by atoms with van der Waals surface area (Å²) in [4.78, 5) is 11.5. The van der Waals surface area contributed by atoms with Crippen molar-refractivity contribution in [1.82, 2.24) is 0 Å². The number of carbonyl (C=O) groups is 1. The van der Waals surface area contributed by atoms with Gasteiger partial charge in [-0.15, -0.1) is 0 Å². The van der Waals surface area contributed by atoms with Crippen LogP contribution >= 0.6 is 0 Å². The molecule has 2 aromatic carbocycles. The molecule has 0 fully saturated rings. The van der Waals surface area contributed by atoms with Crippen LogP contribution in [0.3, 0.4) is 0 Å². The van der Waals surface area contributed by atoms with Crippen molar-refractivity contribution in [3.63, 3.8) is 0 Å². The van der Waals surface area contributed by atoms with E-state index in [0.717, 1.165) is 11.8 Å². The van der Waals surface area contributed by atoms with Gasteiger partial charge in [-0.1, -0.05) is 30.3 Å². The van der Waals surface area contributed by atoms with Gasteiger partial charge in [0.15, 0.2) is 0 Å². The van der Waals surface area contributed by atoms with E-state index in [9.17, 15) is 13.2 Å². The van der Waals surface area contributed by atoms with E-state index < -0.39 is 16.1 Å². The Balaban J connectivity index is 1.97. The molecule has 0 atom stereocenters. The third-order valence-corrected chi connectivity index (χ3v) is 3.02. The van der Waals surface area contributed by atoms with Crippen molar-refractivity contribution < 1.29 is 22.1 Å². The lowest BCUT2D eigenvalue weighted by Crippen LogP contribution is -2.11. The summed E-state index contributed by atoms with van der Waals surface area (Å²) in [5.74, 6) is -0.332. The normalized spacial score (nSPS) is 10.9. The van der Waals surface area contributed by atoms with E-state index in [4.69, 9.17) is 4.74 Å². The fourth-order valence-electron chi connectivity index (χ4n) is 1.61. The molecule has 0 aliphatic carbocycles. The molecule has 2 rings (SSSR count). The molecule has 0 radical (unpaired) electrons. The Hall–Kier alpha value is -2.34. The van der Waals surface area contributed by atoms with Crippen LogP contribution in [-0.4, -0.2) is 20.6 Å². The van der Waals surface area contributed by atoms with E-state index in [1.165, 1.54) is 12.1 Å². The van der Waals surface area contributed by atoms with Gasteiger partial charge in [0.05, 0.1) is 11.8 Å². The minimum Gasteiger partial charge on any atom is -0.489 e. The third-order valence-electron chi connectivity index (χ3n) is 2.57. The quantitative estimate of drug-likeness (QED) is 0.793. The topological polar surface area (TPSA) is 69.7 Å². The van der Waals surface area contributed by atoms with Gasteiger partial charge in [0.1, 0.15) is 12.4 Å². The number of hydrogen-bond acceptors (Lipinski definition) is 5. The van der Waals surface area contributed by atoms with Crippen molar-refractivity contribution in [3.05, 3.63) is 65.7 Å². The number of ether oxygens (including phenoxy) is 1. The van der Waals surface area contributed by atoms with Crippen molar-refractivity contribution in [1.29, 1.82) is 0 Å². The minimum atomic E-state index is -3.81. The molecule has 0 saturated carbocycles. The smallest absolute Gasteiger partial charge is 0.353 e. The van der Waals surface area contributed by atoms with Crippen LogP contribution in [-0.2, 0) is 20.9 Å². The highest BCUT2D eigenvalue weighted by Crippen LogP contribution is 2.15. The van der Waals surface area contributed by atoms with Gasteiger partial charge in [-0.2, -0.15) is 8.42 Å². The summed E-state index contributed by atoms with van der Waals surface area (Å²) in [5.41, 5.74) is 1.17. The molecule has 5 nitrogen and oxygen atoms in total. The van der Waals surface area contributed by atoms with E-state index >= 15 is 0 Å². The van der Waals surface area contributed by atoms with Gasteiger partial charge in [-0.05, 0) is 29.8 Å². The maximum atomic E-state index is 11.5. The number of rotatable bonds is 5. The molecule has 0 spiro atoms. The minimum absolute atomic E-state index is 0.146. The molecule has 21 heavy (non-hydrogen) atoms. The fraction of sp³-hybridized carbons (Fsp3) is 0.133. The molecule has 0 saturated heterocycles. The van der Waals surface area contributed by atoms with Crippen LogP contribution in [0.4, 0.5) is 0 Å². The summed E-state index contributed by atoms with van der Waals surface area (Å²) in [6.07, 6.45) is 0.822. The molecule has 0 aromatic heterocycles. The summed E-state index contributed by atoms with van der Waals surface area (Å²) in [6.45, 7) is 0.411. The van der Waals surface area contributed by atoms with Crippen molar-refractivity contribution in [2.45, 2.75) is 6.61 Å². The molecule has 0 heterocycles.